The summed E-state index contributed by atoms with van der Waals surface area (Å²) in [6, 6.07) is 16.8. The van der Waals surface area contributed by atoms with Gasteiger partial charge in [-0.3, -0.25) is 0 Å². The van der Waals surface area contributed by atoms with Crippen LogP contribution in [0, 0.1) is 0 Å². The number of aromatic nitrogens is 1. The van der Waals surface area contributed by atoms with Gasteiger partial charge >= 0.3 is 5.97 Å². The van der Waals surface area contributed by atoms with Crippen LogP contribution in [0.1, 0.15) is 13.3 Å². The number of hydrogen-bond donors (Lipinski definition) is 1. The lowest BCUT2D eigenvalue weighted by Gasteiger charge is -2.08. The van der Waals surface area contributed by atoms with Crippen LogP contribution in [0.2, 0.25) is 0 Å². The van der Waals surface area contributed by atoms with Crippen molar-refractivity contribution in [1.82, 2.24) is 4.57 Å². The summed E-state index contributed by atoms with van der Waals surface area (Å²) in [7, 11) is 0. The minimum Gasteiger partial charge on any atom is -0.478 e. The molecule has 0 unspecified atom stereocenters. The molecule has 0 bridgehead atoms. The van der Waals surface area contributed by atoms with Crippen molar-refractivity contribution in [1.29, 1.82) is 0 Å². The number of aliphatic carboxylic acids is 1. The van der Waals surface area contributed by atoms with Crippen molar-refractivity contribution in [3.05, 3.63) is 60.2 Å². The number of hydrogen-bond acceptors (Lipinski definition) is 2. The van der Waals surface area contributed by atoms with E-state index in [0.29, 0.717) is 25.2 Å². The van der Waals surface area contributed by atoms with Crippen LogP contribution in [0.4, 0.5) is 0 Å². The minimum absolute atomic E-state index is 0.362. The molecule has 0 amide bonds. The summed E-state index contributed by atoms with van der Waals surface area (Å²) in [6.45, 7) is 3.50. The smallest absolute Gasteiger partial charge is 0.330 e. The summed E-state index contributed by atoms with van der Waals surface area (Å²) in [5, 5.41) is 11.3. The van der Waals surface area contributed by atoms with Gasteiger partial charge in [-0.25, -0.2) is 4.79 Å². The van der Waals surface area contributed by atoms with Crippen LogP contribution in [0.5, 0.6) is 0 Å². The minimum atomic E-state index is -0.875. The van der Waals surface area contributed by atoms with Gasteiger partial charge in [-0.1, -0.05) is 42.5 Å². The van der Waals surface area contributed by atoms with Crippen LogP contribution in [0.25, 0.3) is 21.8 Å². The number of para-hydroxylation sites is 2. The van der Waals surface area contributed by atoms with Gasteiger partial charge < -0.3 is 14.4 Å². The molecule has 0 aliphatic rings. The van der Waals surface area contributed by atoms with E-state index in [-0.39, 0.29) is 0 Å². The summed E-state index contributed by atoms with van der Waals surface area (Å²) in [4.78, 5) is 10.7. The second-order valence-corrected chi connectivity index (χ2v) is 5.78. The second-order valence-electron chi connectivity index (χ2n) is 5.78. The molecule has 3 rings (SSSR count). The molecule has 0 fully saturated rings. The quantitative estimate of drug-likeness (QED) is 0.523. The fraction of sp³-hybridized carbons (Fsp3) is 0.250. The van der Waals surface area contributed by atoms with Crippen LogP contribution < -0.4 is 0 Å². The van der Waals surface area contributed by atoms with Gasteiger partial charge in [0.25, 0.3) is 0 Å². The molecular formula is C20H21NO3. The Balaban J connectivity index is 1.67. The molecule has 0 radical (unpaired) electrons. The van der Waals surface area contributed by atoms with Gasteiger partial charge in [0.15, 0.2) is 0 Å². The molecule has 4 nitrogen and oxygen atoms in total. The zero-order valence-corrected chi connectivity index (χ0v) is 13.7. The maximum Gasteiger partial charge on any atom is 0.330 e. The number of carboxylic acid groups (broad SMARTS) is 1. The summed E-state index contributed by atoms with van der Waals surface area (Å²) >= 11 is 0. The van der Waals surface area contributed by atoms with Crippen molar-refractivity contribution >= 4 is 27.8 Å². The van der Waals surface area contributed by atoms with Crippen LogP contribution in [0.15, 0.2) is 60.2 Å². The number of carbonyl (C=O) groups is 1. The van der Waals surface area contributed by atoms with Crippen molar-refractivity contribution in [2.75, 3.05) is 13.2 Å². The molecule has 1 aromatic heterocycles. The van der Waals surface area contributed by atoms with Crippen molar-refractivity contribution in [2.24, 2.45) is 0 Å². The lowest BCUT2D eigenvalue weighted by atomic mass is 10.2. The Hall–Kier alpha value is -2.59. The standard InChI is InChI=1S/C20H21NO3/c1-15(20(22)23)7-6-13-24-14-12-21-18-10-4-2-8-16(18)17-9-3-5-11-19(17)21/h2-5,7-11H,6,12-14H2,1H3,(H,22,23). The normalized spacial score (nSPS) is 12.1. The first-order chi connectivity index (χ1) is 11.7. The Morgan fingerprint density at radius 1 is 1.04 bits per heavy atom. The number of nitrogens with zero attached hydrogens (tertiary/aromatic N) is 1. The van der Waals surface area contributed by atoms with Gasteiger partial charge in [0.05, 0.1) is 13.2 Å². The zero-order chi connectivity index (χ0) is 16.9. The first-order valence-electron chi connectivity index (χ1n) is 8.12. The Kier molecular flexibility index (Phi) is 4.96. The molecule has 0 atom stereocenters. The van der Waals surface area contributed by atoms with Crippen LogP contribution >= 0.6 is 0 Å². The topological polar surface area (TPSA) is 51.5 Å². The molecule has 0 saturated carbocycles. The van der Waals surface area contributed by atoms with E-state index in [0.717, 1.165) is 6.54 Å². The molecule has 1 heterocycles. The van der Waals surface area contributed by atoms with Gasteiger partial charge in [0.1, 0.15) is 0 Å². The molecule has 0 spiro atoms. The average molecular weight is 323 g/mol. The van der Waals surface area contributed by atoms with Gasteiger partial charge in [0.2, 0.25) is 0 Å². The Bertz CT molecular complexity index is 839. The third kappa shape index (κ3) is 3.34. The molecule has 0 saturated heterocycles. The molecule has 0 aliphatic carbocycles. The highest BCUT2D eigenvalue weighted by Crippen LogP contribution is 2.28. The van der Waals surface area contributed by atoms with Crippen LogP contribution in [0.3, 0.4) is 0 Å². The molecular weight excluding hydrogens is 302 g/mol. The predicted molar refractivity (Wildman–Crippen MR) is 96.3 cm³/mol. The van der Waals surface area contributed by atoms with E-state index >= 15 is 0 Å². The third-order valence-corrected chi connectivity index (χ3v) is 4.19. The first kappa shape index (κ1) is 16.3. The number of carboxylic acids is 1. The first-order valence-corrected chi connectivity index (χ1v) is 8.12. The third-order valence-electron chi connectivity index (χ3n) is 4.19. The molecule has 4 heteroatoms. The molecule has 24 heavy (non-hydrogen) atoms. The summed E-state index contributed by atoms with van der Waals surface area (Å²) < 4.78 is 7.96. The van der Waals surface area contributed by atoms with Crippen LogP contribution in [-0.4, -0.2) is 28.9 Å². The highest BCUT2D eigenvalue weighted by Gasteiger charge is 2.08. The molecule has 3 aromatic rings. The number of rotatable bonds is 7. The Morgan fingerprint density at radius 2 is 1.62 bits per heavy atom. The fourth-order valence-corrected chi connectivity index (χ4v) is 2.95. The largest absolute Gasteiger partial charge is 0.478 e. The van der Waals surface area contributed by atoms with E-state index in [4.69, 9.17) is 9.84 Å². The average Bonchev–Trinajstić information content (AvgIpc) is 2.92. The number of ether oxygens (including phenoxy) is 1. The molecule has 2 aromatic carbocycles. The Morgan fingerprint density at radius 3 is 2.21 bits per heavy atom. The Labute approximate surface area is 141 Å². The maximum atomic E-state index is 10.7. The lowest BCUT2D eigenvalue weighted by molar-refractivity contribution is -0.132. The molecule has 0 aliphatic heterocycles. The summed E-state index contributed by atoms with van der Waals surface area (Å²) in [5.74, 6) is -0.875. The fourth-order valence-electron chi connectivity index (χ4n) is 2.95. The van der Waals surface area contributed by atoms with Crippen molar-refractivity contribution in [3.8, 4) is 0 Å². The lowest BCUT2D eigenvalue weighted by Crippen LogP contribution is -2.06. The van der Waals surface area contributed by atoms with E-state index in [1.54, 1.807) is 13.0 Å². The number of benzene rings is 2. The zero-order valence-electron chi connectivity index (χ0n) is 13.7. The monoisotopic (exact) mass is 323 g/mol. The van der Waals surface area contributed by atoms with E-state index in [1.807, 2.05) is 0 Å². The van der Waals surface area contributed by atoms with Gasteiger partial charge in [-0.2, -0.15) is 0 Å². The van der Waals surface area contributed by atoms with E-state index in [2.05, 4.69) is 53.1 Å². The van der Waals surface area contributed by atoms with Crippen molar-refractivity contribution in [3.63, 3.8) is 0 Å². The van der Waals surface area contributed by atoms with Crippen molar-refractivity contribution in [2.45, 2.75) is 19.9 Å². The van der Waals surface area contributed by atoms with E-state index in [9.17, 15) is 4.79 Å². The van der Waals surface area contributed by atoms with Crippen molar-refractivity contribution < 1.29 is 14.6 Å². The highest BCUT2D eigenvalue weighted by molar-refractivity contribution is 6.07. The summed E-state index contributed by atoms with van der Waals surface area (Å²) in [5.41, 5.74) is 2.79. The van der Waals surface area contributed by atoms with E-state index < -0.39 is 5.97 Å². The molecule has 124 valence electrons. The van der Waals surface area contributed by atoms with Crippen LogP contribution in [-0.2, 0) is 16.1 Å². The van der Waals surface area contributed by atoms with Gasteiger partial charge in [0, 0.05) is 33.9 Å². The highest BCUT2D eigenvalue weighted by atomic mass is 16.5. The number of fused-ring (bicyclic) bond motifs is 3. The van der Waals surface area contributed by atoms with Gasteiger partial charge in [-0.15, -0.1) is 0 Å². The second kappa shape index (κ2) is 7.32. The van der Waals surface area contributed by atoms with E-state index in [1.165, 1.54) is 21.8 Å². The SMILES string of the molecule is CC(=CCCOCCn1c2ccccc2c2ccccc21)C(=O)O. The summed E-state index contributed by atoms with van der Waals surface area (Å²) in [6.07, 6.45) is 2.31. The predicted octanol–water partition coefficient (Wildman–Crippen LogP) is 4.23. The molecule has 1 N–H and O–H groups in total. The maximum absolute atomic E-state index is 10.7. The van der Waals surface area contributed by atoms with Gasteiger partial charge in [-0.05, 0) is 25.5 Å².